The molecule has 0 aliphatic carbocycles. The van der Waals surface area contributed by atoms with E-state index in [-0.39, 0.29) is 11.9 Å². The number of benzene rings is 1. The minimum absolute atomic E-state index is 0.202. The number of rotatable bonds is 4. The van der Waals surface area contributed by atoms with Gasteiger partial charge in [0, 0.05) is 44.6 Å². The summed E-state index contributed by atoms with van der Waals surface area (Å²) in [5.41, 5.74) is 1.20. The maximum absolute atomic E-state index is 13.0. The van der Waals surface area contributed by atoms with Gasteiger partial charge in [-0.2, -0.15) is 0 Å². The normalized spacial score (nSPS) is 21.7. The van der Waals surface area contributed by atoms with Crippen LogP contribution in [0.3, 0.4) is 0 Å². The summed E-state index contributed by atoms with van der Waals surface area (Å²) in [4.78, 5) is 28.0. The molecule has 0 saturated carbocycles. The van der Waals surface area contributed by atoms with Crippen molar-refractivity contribution < 1.29 is 14.3 Å². The van der Waals surface area contributed by atoms with Gasteiger partial charge in [0.05, 0.1) is 6.54 Å². The molecule has 158 valence electrons. The van der Waals surface area contributed by atoms with Gasteiger partial charge < -0.3 is 19.3 Å². The summed E-state index contributed by atoms with van der Waals surface area (Å²) in [6, 6.07) is 8.26. The lowest BCUT2D eigenvalue weighted by Crippen LogP contribution is -2.51. The zero-order chi connectivity index (χ0) is 20.3. The fourth-order valence-electron chi connectivity index (χ4n) is 4.54. The van der Waals surface area contributed by atoms with Gasteiger partial charge in [0.25, 0.3) is 0 Å². The number of aromatic nitrogens is 2. The Kier molecular flexibility index (Phi) is 5.40. The number of carbonyl (C=O) groups excluding carboxylic acids is 1. The second kappa shape index (κ2) is 8.47. The number of carbonyl (C=O) groups is 1. The third-order valence-corrected chi connectivity index (χ3v) is 6.12. The zero-order valence-corrected chi connectivity index (χ0v) is 17.1. The number of ether oxygens (including phenoxy) is 2. The maximum atomic E-state index is 13.0. The molecule has 8 heteroatoms. The van der Waals surface area contributed by atoms with Gasteiger partial charge in [0.15, 0.2) is 11.5 Å². The summed E-state index contributed by atoms with van der Waals surface area (Å²) in [7, 11) is 0. The lowest BCUT2D eigenvalue weighted by molar-refractivity contribution is -0.133. The minimum atomic E-state index is 0.202. The number of nitrogens with zero attached hydrogens (tertiary/aromatic N) is 5. The highest BCUT2D eigenvalue weighted by Crippen LogP contribution is 2.38. The molecule has 0 unspecified atom stereocenters. The van der Waals surface area contributed by atoms with E-state index >= 15 is 0 Å². The smallest absolute Gasteiger partial charge is 0.236 e. The highest BCUT2D eigenvalue weighted by molar-refractivity contribution is 5.78. The molecule has 1 aromatic carbocycles. The highest BCUT2D eigenvalue weighted by atomic mass is 16.6. The Labute approximate surface area is 176 Å². The number of amides is 1. The number of fused-ring (bicyclic) bond motifs is 1. The minimum Gasteiger partial charge on any atom is -0.486 e. The molecule has 4 heterocycles. The van der Waals surface area contributed by atoms with Crippen LogP contribution >= 0.6 is 0 Å². The summed E-state index contributed by atoms with van der Waals surface area (Å²) in [6.07, 6.45) is 5.67. The van der Waals surface area contributed by atoms with E-state index in [1.165, 1.54) is 5.56 Å². The van der Waals surface area contributed by atoms with Crippen molar-refractivity contribution in [1.82, 2.24) is 19.8 Å². The van der Waals surface area contributed by atoms with E-state index in [0.29, 0.717) is 32.8 Å². The first kappa shape index (κ1) is 19.1. The number of hydrogen-bond donors (Lipinski definition) is 0. The first-order valence-corrected chi connectivity index (χ1v) is 10.7. The molecule has 0 bridgehead atoms. The van der Waals surface area contributed by atoms with Gasteiger partial charge in [-0.25, -0.2) is 9.97 Å². The first-order chi connectivity index (χ1) is 14.8. The van der Waals surface area contributed by atoms with E-state index in [1.54, 1.807) is 12.4 Å². The quantitative estimate of drug-likeness (QED) is 0.762. The zero-order valence-electron chi connectivity index (χ0n) is 17.1. The van der Waals surface area contributed by atoms with Gasteiger partial charge in [0.1, 0.15) is 13.2 Å². The molecule has 2 fully saturated rings. The van der Waals surface area contributed by atoms with Crippen LogP contribution in [-0.2, 0) is 4.79 Å². The maximum Gasteiger partial charge on any atom is 0.236 e. The standard InChI is InChI=1S/C22H27N5O3/c28-21(25-9-11-26(12-10-25)22-23-6-2-7-24-22)16-27-8-1-3-18(27)17-4-5-19-20(15-17)30-14-13-29-19/h2,4-7,15,18H,1,3,8-14,16H2/t18-/m0/s1. The van der Waals surface area contributed by atoms with Crippen molar-refractivity contribution >= 4 is 11.9 Å². The predicted molar refractivity (Wildman–Crippen MR) is 112 cm³/mol. The molecule has 1 aromatic heterocycles. The molecular weight excluding hydrogens is 382 g/mol. The summed E-state index contributed by atoms with van der Waals surface area (Å²) in [6.45, 7) is 5.54. The molecule has 2 saturated heterocycles. The lowest BCUT2D eigenvalue weighted by atomic mass is 10.0. The van der Waals surface area contributed by atoms with Crippen LogP contribution in [0, 0.1) is 0 Å². The largest absolute Gasteiger partial charge is 0.486 e. The van der Waals surface area contributed by atoms with Crippen LogP contribution in [0.5, 0.6) is 11.5 Å². The fourth-order valence-corrected chi connectivity index (χ4v) is 4.54. The molecule has 0 spiro atoms. The SMILES string of the molecule is O=C(CN1CCC[C@H]1c1ccc2c(c1)OCCO2)N1CCN(c2ncccn2)CC1. The fraction of sp³-hybridized carbons (Fsp3) is 0.500. The molecule has 5 rings (SSSR count). The highest BCUT2D eigenvalue weighted by Gasteiger charge is 2.31. The Morgan fingerprint density at radius 2 is 1.77 bits per heavy atom. The number of hydrogen-bond acceptors (Lipinski definition) is 7. The summed E-state index contributed by atoms with van der Waals surface area (Å²) in [5, 5.41) is 0. The van der Waals surface area contributed by atoms with Crippen molar-refractivity contribution in [3.63, 3.8) is 0 Å². The second-order valence-corrected chi connectivity index (χ2v) is 7.95. The Hall–Kier alpha value is -2.87. The number of likely N-dealkylation sites (tertiary alicyclic amines) is 1. The van der Waals surface area contributed by atoms with E-state index in [0.717, 1.165) is 49.9 Å². The molecular formula is C22H27N5O3. The van der Waals surface area contributed by atoms with E-state index in [1.807, 2.05) is 17.0 Å². The van der Waals surface area contributed by atoms with Crippen LogP contribution in [-0.4, -0.2) is 78.2 Å². The third-order valence-electron chi connectivity index (χ3n) is 6.12. The van der Waals surface area contributed by atoms with Gasteiger partial charge >= 0.3 is 0 Å². The van der Waals surface area contributed by atoms with E-state index in [2.05, 4.69) is 31.9 Å². The Bertz CT molecular complexity index is 886. The third kappa shape index (κ3) is 3.92. The van der Waals surface area contributed by atoms with Crippen molar-refractivity contribution in [2.24, 2.45) is 0 Å². The van der Waals surface area contributed by atoms with Crippen molar-refractivity contribution in [1.29, 1.82) is 0 Å². The van der Waals surface area contributed by atoms with Crippen LogP contribution in [0.1, 0.15) is 24.4 Å². The first-order valence-electron chi connectivity index (χ1n) is 10.7. The molecule has 0 N–H and O–H groups in total. The van der Waals surface area contributed by atoms with Gasteiger partial charge in [-0.05, 0) is 43.1 Å². The molecule has 3 aliphatic heterocycles. The Morgan fingerprint density at radius 3 is 2.57 bits per heavy atom. The predicted octanol–water partition coefficient (Wildman–Crippen LogP) is 1.73. The van der Waals surface area contributed by atoms with Crippen molar-refractivity contribution in [3.8, 4) is 11.5 Å². The van der Waals surface area contributed by atoms with Crippen molar-refractivity contribution in [3.05, 3.63) is 42.2 Å². The van der Waals surface area contributed by atoms with Crippen LogP contribution in [0.2, 0.25) is 0 Å². The Morgan fingerprint density at radius 1 is 1.00 bits per heavy atom. The molecule has 2 aromatic rings. The second-order valence-electron chi connectivity index (χ2n) is 7.95. The number of anilines is 1. The Balaban J connectivity index is 1.20. The van der Waals surface area contributed by atoms with Gasteiger partial charge in [0.2, 0.25) is 11.9 Å². The summed E-state index contributed by atoms with van der Waals surface area (Å²) >= 11 is 0. The van der Waals surface area contributed by atoms with Gasteiger partial charge in [-0.1, -0.05) is 6.07 Å². The van der Waals surface area contributed by atoms with Gasteiger partial charge in [-0.15, -0.1) is 0 Å². The van der Waals surface area contributed by atoms with Crippen molar-refractivity contribution in [2.75, 3.05) is 57.4 Å². The molecule has 30 heavy (non-hydrogen) atoms. The van der Waals surface area contributed by atoms with Crippen LogP contribution < -0.4 is 14.4 Å². The molecule has 1 atom stereocenters. The summed E-state index contributed by atoms with van der Waals surface area (Å²) < 4.78 is 11.4. The average Bonchev–Trinajstić information content (AvgIpc) is 3.27. The topological polar surface area (TPSA) is 71.0 Å². The lowest BCUT2D eigenvalue weighted by Gasteiger charge is -2.36. The van der Waals surface area contributed by atoms with Crippen molar-refractivity contribution in [2.45, 2.75) is 18.9 Å². The van der Waals surface area contributed by atoms with Crippen LogP contribution in [0.25, 0.3) is 0 Å². The molecule has 3 aliphatic rings. The molecule has 1 amide bonds. The van der Waals surface area contributed by atoms with Crippen LogP contribution in [0.15, 0.2) is 36.7 Å². The average molecular weight is 409 g/mol. The van der Waals surface area contributed by atoms with E-state index in [9.17, 15) is 4.79 Å². The van der Waals surface area contributed by atoms with E-state index in [4.69, 9.17) is 9.47 Å². The monoisotopic (exact) mass is 409 g/mol. The molecule has 8 nitrogen and oxygen atoms in total. The number of piperazine rings is 1. The van der Waals surface area contributed by atoms with E-state index < -0.39 is 0 Å². The summed E-state index contributed by atoms with van der Waals surface area (Å²) in [5.74, 6) is 2.57. The molecule has 0 radical (unpaired) electrons. The van der Waals surface area contributed by atoms with Crippen LogP contribution in [0.4, 0.5) is 5.95 Å². The van der Waals surface area contributed by atoms with Gasteiger partial charge in [-0.3, -0.25) is 9.69 Å².